The zero-order valence-electron chi connectivity index (χ0n) is 8.99. The van der Waals surface area contributed by atoms with Gasteiger partial charge in [0.25, 0.3) is 0 Å². The molecule has 2 aliphatic rings. The SMILES string of the molecule is CCC1=N\C2C=C(F)C=CC(C/C=C\1)C2. The van der Waals surface area contributed by atoms with Crippen molar-refractivity contribution in [2.24, 2.45) is 10.9 Å². The van der Waals surface area contributed by atoms with Gasteiger partial charge in [-0.05, 0) is 43.4 Å². The van der Waals surface area contributed by atoms with Gasteiger partial charge in [0.1, 0.15) is 5.83 Å². The molecular weight excluding hydrogens is 189 g/mol. The van der Waals surface area contributed by atoms with Crippen molar-refractivity contribution >= 4 is 5.71 Å². The molecule has 2 unspecified atom stereocenters. The Labute approximate surface area is 90.1 Å². The minimum absolute atomic E-state index is 0.0184. The van der Waals surface area contributed by atoms with Gasteiger partial charge in [0, 0.05) is 5.71 Å². The highest BCUT2D eigenvalue weighted by atomic mass is 19.1. The van der Waals surface area contributed by atoms with E-state index in [1.165, 1.54) is 0 Å². The first-order chi connectivity index (χ1) is 7.28. The quantitative estimate of drug-likeness (QED) is 0.620. The van der Waals surface area contributed by atoms with Crippen LogP contribution in [-0.4, -0.2) is 11.8 Å². The van der Waals surface area contributed by atoms with E-state index in [0.29, 0.717) is 5.92 Å². The fourth-order valence-electron chi connectivity index (χ4n) is 2.03. The lowest BCUT2D eigenvalue weighted by atomic mass is 9.95. The van der Waals surface area contributed by atoms with E-state index < -0.39 is 0 Å². The molecule has 2 atom stereocenters. The van der Waals surface area contributed by atoms with Gasteiger partial charge in [-0.1, -0.05) is 19.1 Å². The molecule has 0 N–H and O–H groups in total. The maximum Gasteiger partial charge on any atom is 0.121 e. The number of rotatable bonds is 1. The number of allylic oxidation sites excluding steroid dienone is 5. The van der Waals surface area contributed by atoms with Crippen molar-refractivity contribution in [2.75, 3.05) is 0 Å². The molecule has 0 aromatic rings. The molecule has 15 heavy (non-hydrogen) atoms. The second kappa shape index (κ2) is 4.56. The maximum atomic E-state index is 13.3. The summed E-state index contributed by atoms with van der Waals surface area (Å²) in [7, 11) is 0. The summed E-state index contributed by atoms with van der Waals surface area (Å²) in [5.41, 5.74) is 1.07. The number of aliphatic imine (C=N–C) groups is 1. The van der Waals surface area contributed by atoms with Crippen LogP contribution in [0.2, 0.25) is 0 Å². The molecule has 2 heteroatoms. The van der Waals surface area contributed by atoms with Crippen LogP contribution in [0.3, 0.4) is 0 Å². The van der Waals surface area contributed by atoms with E-state index in [9.17, 15) is 4.39 Å². The van der Waals surface area contributed by atoms with Gasteiger partial charge < -0.3 is 0 Å². The minimum Gasteiger partial charge on any atom is -0.282 e. The first-order valence-electron chi connectivity index (χ1n) is 5.56. The Morgan fingerprint density at radius 3 is 3.13 bits per heavy atom. The second-order valence-electron chi connectivity index (χ2n) is 4.09. The number of fused-ring (bicyclic) bond motifs is 2. The summed E-state index contributed by atoms with van der Waals surface area (Å²) < 4.78 is 13.3. The predicted molar refractivity (Wildman–Crippen MR) is 61.7 cm³/mol. The van der Waals surface area contributed by atoms with Gasteiger partial charge in [0.05, 0.1) is 6.04 Å². The van der Waals surface area contributed by atoms with Crippen LogP contribution in [0.25, 0.3) is 0 Å². The number of halogens is 1. The molecule has 0 saturated carbocycles. The summed E-state index contributed by atoms with van der Waals surface area (Å²) in [4.78, 5) is 4.56. The highest BCUT2D eigenvalue weighted by molar-refractivity contribution is 5.95. The Kier molecular flexibility index (Phi) is 3.14. The minimum atomic E-state index is -0.149. The lowest BCUT2D eigenvalue weighted by Gasteiger charge is -2.16. The molecule has 1 aliphatic carbocycles. The molecule has 80 valence electrons. The smallest absolute Gasteiger partial charge is 0.121 e. The van der Waals surface area contributed by atoms with Gasteiger partial charge >= 0.3 is 0 Å². The molecule has 0 spiro atoms. The van der Waals surface area contributed by atoms with Gasteiger partial charge in [-0.2, -0.15) is 0 Å². The van der Waals surface area contributed by atoms with Gasteiger partial charge in [0.15, 0.2) is 0 Å². The monoisotopic (exact) mass is 205 g/mol. The van der Waals surface area contributed by atoms with E-state index in [-0.39, 0.29) is 11.9 Å². The van der Waals surface area contributed by atoms with Gasteiger partial charge in [-0.25, -0.2) is 4.39 Å². The van der Waals surface area contributed by atoms with Crippen LogP contribution in [0, 0.1) is 5.92 Å². The first-order valence-corrected chi connectivity index (χ1v) is 5.56. The average molecular weight is 205 g/mol. The zero-order chi connectivity index (χ0) is 10.7. The normalized spacial score (nSPS) is 35.6. The summed E-state index contributed by atoms with van der Waals surface area (Å²) in [6.45, 7) is 2.08. The van der Waals surface area contributed by atoms with Crippen molar-refractivity contribution < 1.29 is 4.39 Å². The lowest BCUT2D eigenvalue weighted by Crippen LogP contribution is -2.11. The number of hydrogen-bond donors (Lipinski definition) is 0. The Balaban J connectivity index is 2.29. The Hall–Kier alpha value is -1.18. The average Bonchev–Trinajstić information content (AvgIpc) is 2.37. The highest BCUT2D eigenvalue weighted by Gasteiger charge is 2.16. The van der Waals surface area contributed by atoms with E-state index in [1.54, 1.807) is 12.2 Å². The molecule has 2 rings (SSSR count). The van der Waals surface area contributed by atoms with Gasteiger partial charge in [-0.15, -0.1) is 0 Å². The fourth-order valence-corrected chi connectivity index (χ4v) is 2.03. The van der Waals surface area contributed by atoms with Crippen LogP contribution in [0.15, 0.2) is 41.2 Å². The first kappa shape index (κ1) is 10.3. The van der Waals surface area contributed by atoms with Crippen LogP contribution >= 0.6 is 0 Å². The fraction of sp³-hybridized carbons (Fsp3) is 0.462. The Morgan fingerprint density at radius 2 is 2.33 bits per heavy atom. The molecule has 1 aliphatic heterocycles. The third-order valence-corrected chi connectivity index (χ3v) is 2.87. The Morgan fingerprint density at radius 1 is 1.47 bits per heavy atom. The van der Waals surface area contributed by atoms with Crippen molar-refractivity contribution in [2.45, 2.75) is 32.2 Å². The molecule has 0 saturated heterocycles. The molecule has 1 heterocycles. The summed E-state index contributed by atoms with van der Waals surface area (Å²) >= 11 is 0. The van der Waals surface area contributed by atoms with Crippen LogP contribution in [-0.2, 0) is 0 Å². The predicted octanol–water partition coefficient (Wildman–Crippen LogP) is 3.60. The van der Waals surface area contributed by atoms with Gasteiger partial charge in [0.2, 0.25) is 0 Å². The summed E-state index contributed by atoms with van der Waals surface area (Å²) in [5.74, 6) is 0.279. The van der Waals surface area contributed by atoms with Crippen LogP contribution in [0.1, 0.15) is 26.2 Å². The van der Waals surface area contributed by atoms with Crippen molar-refractivity contribution in [3.05, 3.63) is 36.2 Å². The lowest BCUT2D eigenvalue weighted by molar-refractivity contribution is 0.557. The molecule has 0 aromatic heterocycles. The number of nitrogens with zero attached hydrogens (tertiary/aromatic N) is 1. The standard InChI is InChI=1S/C13H16FN/c1-2-12-5-3-4-10-6-7-11(14)9-13(8-10)15-12/h3,5-7,9-10,13H,2,4,8H2,1H3/b5-3-,15-12+. The molecule has 0 amide bonds. The zero-order valence-corrected chi connectivity index (χ0v) is 8.99. The molecule has 1 nitrogen and oxygen atoms in total. The second-order valence-corrected chi connectivity index (χ2v) is 4.09. The third-order valence-electron chi connectivity index (χ3n) is 2.87. The molecule has 0 aromatic carbocycles. The van der Waals surface area contributed by atoms with Crippen LogP contribution in [0.5, 0.6) is 0 Å². The van der Waals surface area contributed by atoms with Crippen molar-refractivity contribution in [1.29, 1.82) is 0 Å². The van der Waals surface area contributed by atoms with E-state index in [2.05, 4.69) is 24.1 Å². The summed E-state index contributed by atoms with van der Waals surface area (Å²) in [6.07, 6.45) is 12.2. The van der Waals surface area contributed by atoms with E-state index >= 15 is 0 Å². The van der Waals surface area contributed by atoms with Crippen molar-refractivity contribution in [3.8, 4) is 0 Å². The van der Waals surface area contributed by atoms with E-state index in [4.69, 9.17) is 0 Å². The Bertz CT molecular complexity index is 350. The molecule has 0 fully saturated rings. The van der Waals surface area contributed by atoms with Gasteiger partial charge in [-0.3, -0.25) is 4.99 Å². The molecule has 2 bridgehead atoms. The topological polar surface area (TPSA) is 12.4 Å². The number of hydrogen-bond acceptors (Lipinski definition) is 1. The molecule has 0 radical (unpaired) electrons. The van der Waals surface area contributed by atoms with Crippen molar-refractivity contribution in [1.82, 2.24) is 0 Å². The van der Waals surface area contributed by atoms with E-state index in [1.807, 2.05) is 6.08 Å². The van der Waals surface area contributed by atoms with Crippen LogP contribution in [0.4, 0.5) is 4.39 Å². The van der Waals surface area contributed by atoms with Crippen molar-refractivity contribution in [3.63, 3.8) is 0 Å². The summed E-state index contributed by atoms with van der Waals surface area (Å²) in [5, 5.41) is 0. The maximum absolute atomic E-state index is 13.3. The molecular formula is C13H16FN. The van der Waals surface area contributed by atoms with Crippen LogP contribution < -0.4 is 0 Å². The summed E-state index contributed by atoms with van der Waals surface area (Å²) in [6, 6.07) is 0.0184. The largest absolute Gasteiger partial charge is 0.282 e. The highest BCUT2D eigenvalue weighted by Crippen LogP contribution is 2.24. The third kappa shape index (κ3) is 2.65. The van der Waals surface area contributed by atoms with E-state index in [0.717, 1.165) is 25.0 Å².